The minimum absolute atomic E-state index is 0.230. The molecule has 0 atom stereocenters. The molecule has 0 N–H and O–H groups in total. The Kier molecular flexibility index (Phi) is 3.49. The monoisotopic (exact) mass is 346 g/mol. The van der Waals surface area contributed by atoms with Gasteiger partial charge < -0.3 is 9.47 Å². The maximum atomic E-state index is 11.1. The molecule has 108 valence electrons. The summed E-state index contributed by atoms with van der Waals surface area (Å²) in [6.07, 6.45) is 1.63. The van der Waals surface area contributed by atoms with Crippen molar-refractivity contribution in [3.8, 4) is 17.2 Å². The minimum atomic E-state index is -0.230. The van der Waals surface area contributed by atoms with Crippen LogP contribution in [0.25, 0.3) is 0 Å². The van der Waals surface area contributed by atoms with Gasteiger partial charge in [0, 0.05) is 16.5 Å². The normalized spacial score (nSPS) is 15.2. The molecule has 0 aromatic heterocycles. The van der Waals surface area contributed by atoms with Crippen molar-refractivity contribution < 1.29 is 14.3 Å². The molecule has 3 rings (SSSR count). The standard InChI is InChI=1S/C17H15BrO3/c1-17(2)9-11-4-3-5-14(16(11)21-17)20-15-8-13(18)7-6-12(15)10-19/h3-8,10H,9H2,1-2H3. The van der Waals surface area contributed by atoms with Crippen molar-refractivity contribution in [1.29, 1.82) is 0 Å². The van der Waals surface area contributed by atoms with Gasteiger partial charge in [-0.1, -0.05) is 28.1 Å². The number of carbonyl (C=O) groups is 1. The number of aldehydes is 1. The smallest absolute Gasteiger partial charge is 0.169 e. The van der Waals surface area contributed by atoms with Crippen LogP contribution in [0.15, 0.2) is 40.9 Å². The van der Waals surface area contributed by atoms with E-state index in [9.17, 15) is 4.79 Å². The van der Waals surface area contributed by atoms with Gasteiger partial charge in [0.2, 0.25) is 0 Å². The third-order valence-corrected chi connectivity index (χ3v) is 3.87. The Hall–Kier alpha value is -1.81. The summed E-state index contributed by atoms with van der Waals surface area (Å²) in [6, 6.07) is 11.2. The van der Waals surface area contributed by atoms with E-state index in [0.717, 1.165) is 28.5 Å². The van der Waals surface area contributed by atoms with Crippen LogP contribution in [0, 0.1) is 0 Å². The van der Waals surface area contributed by atoms with Gasteiger partial charge in [-0.05, 0) is 38.1 Å². The Labute approximate surface area is 132 Å². The summed E-state index contributed by atoms with van der Waals surface area (Å²) in [7, 11) is 0. The third kappa shape index (κ3) is 2.81. The Morgan fingerprint density at radius 1 is 1.24 bits per heavy atom. The molecular weight excluding hydrogens is 332 g/mol. The van der Waals surface area contributed by atoms with Gasteiger partial charge in [0.15, 0.2) is 17.8 Å². The first kappa shape index (κ1) is 14.1. The van der Waals surface area contributed by atoms with Crippen LogP contribution in [0.1, 0.15) is 29.8 Å². The Balaban J connectivity index is 2.00. The molecular formula is C17H15BrO3. The van der Waals surface area contributed by atoms with Crippen molar-refractivity contribution in [3.05, 3.63) is 52.0 Å². The SMILES string of the molecule is CC1(C)Cc2cccc(Oc3cc(Br)ccc3C=O)c2O1. The highest BCUT2D eigenvalue weighted by atomic mass is 79.9. The van der Waals surface area contributed by atoms with Crippen LogP contribution in [-0.4, -0.2) is 11.9 Å². The van der Waals surface area contributed by atoms with E-state index < -0.39 is 0 Å². The maximum Gasteiger partial charge on any atom is 0.169 e. The van der Waals surface area contributed by atoms with Gasteiger partial charge in [0.1, 0.15) is 11.4 Å². The average molecular weight is 347 g/mol. The van der Waals surface area contributed by atoms with Gasteiger partial charge >= 0.3 is 0 Å². The molecule has 1 heterocycles. The lowest BCUT2D eigenvalue weighted by molar-refractivity contribution is 0.112. The van der Waals surface area contributed by atoms with Crippen LogP contribution < -0.4 is 9.47 Å². The van der Waals surface area contributed by atoms with Crippen molar-refractivity contribution in [2.45, 2.75) is 25.9 Å². The molecule has 0 spiro atoms. The fourth-order valence-corrected chi connectivity index (χ4v) is 2.82. The highest BCUT2D eigenvalue weighted by molar-refractivity contribution is 9.10. The van der Waals surface area contributed by atoms with Gasteiger partial charge in [0.05, 0.1) is 5.56 Å². The molecule has 0 saturated heterocycles. The number of carbonyl (C=O) groups excluding carboxylic acids is 1. The first-order valence-corrected chi connectivity index (χ1v) is 7.51. The quantitative estimate of drug-likeness (QED) is 0.751. The summed E-state index contributed by atoms with van der Waals surface area (Å²) in [6.45, 7) is 4.10. The maximum absolute atomic E-state index is 11.1. The van der Waals surface area contributed by atoms with E-state index in [1.54, 1.807) is 12.1 Å². The lowest BCUT2D eigenvalue weighted by atomic mass is 10.0. The molecule has 0 amide bonds. The zero-order valence-corrected chi connectivity index (χ0v) is 13.4. The third-order valence-electron chi connectivity index (χ3n) is 3.38. The van der Waals surface area contributed by atoms with E-state index in [4.69, 9.17) is 9.47 Å². The number of fused-ring (bicyclic) bond motifs is 1. The van der Waals surface area contributed by atoms with E-state index in [1.807, 2.05) is 38.1 Å². The number of ether oxygens (including phenoxy) is 2. The van der Waals surface area contributed by atoms with Crippen molar-refractivity contribution >= 4 is 22.2 Å². The Bertz CT molecular complexity index is 707. The molecule has 4 heteroatoms. The second-order valence-corrected chi connectivity index (χ2v) is 6.60. The highest BCUT2D eigenvalue weighted by Gasteiger charge is 2.32. The Morgan fingerprint density at radius 3 is 2.81 bits per heavy atom. The van der Waals surface area contributed by atoms with Crippen LogP contribution in [0.5, 0.6) is 17.2 Å². The molecule has 1 aliphatic heterocycles. The summed E-state index contributed by atoms with van der Waals surface area (Å²) < 4.78 is 12.8. The van der Waals surface area contributed by atoms with Gasteiger partial charge in [-0.3, -0.25) is 4.79 Å². The molecule has 0 saturated carbocycles. The van der Waals surface area contributed by atoms with Crippen molar-refractivity contribution in [3.63, 3.8) is 0 Å². The van der Waals surface area contributed by atoms with E-state index in [2.05, 4.69) is 15.9 Å². The molecule has 0 radical (unpaired) electrons. The van der Waals surface area contributed by atoms with Crippen molar-refractivity contribution in [2.24, 2.45) is 0 Å². The average Bonchev–Trinajstić information content (AvgIpc) is 2.74. The number of halogens is 1. The molecule has 21 heavy (non-hydrogen) atoms. The molecule has 2 aromatic carbocycles. The van der Waals surface area contributed by atoms with E-state index in [-0.39, 0.29) is 5.60 Å². The minimum Gasteiger partial charge on any atom is -0.483 e. The summed E-state index contributed by atoms with van der Waals surface area (Å²) in [4.78, 5) is 11.1. The lowest BCUT2D eigenvalue weighted by Gasteiger charge is -2.18. The number of hydrogen-bond donors (Lipinski definition) is 0. The van der Waals surface area contributed by atoms with Gasteiger partial charge in [0.25, 0.3) is 0 Å². The van der Waals surface area contributed by atoms with Gasteiger partial charge in [-0.25, -0.2) is 0 Å². The van der Waals surface area contributed by atoms with Crippen LogP contribution in [0.2, 0.25) is 0 Å². The molecule has 2 aromatic rings. The number of para-hydroxylation sites is 1. The van der Waals surface area contributed by atoms with Gasteiger partial charge in [-0.2, -0.15) is 0 Å². The van der Waals surface area contributed by atoms with Crippen LogP contribution in [0.4, 0.5) is 0 Å². The lowest BCUT2D eigenvalue weighted by Crippen LogP contribution is -2.24. The first-order chi connectivity index (χ1) is 9.98. The second-order valence-electron chi connectivity index (χ2n) is 5.68. The molecule has 0 aliphatic carbocycles. The van der Waals surface area contributed by atoms with Gasteiger partial charge in [-0.15, -0.1) is 0 Å². The summed E-state index contributed by atoms with van der Waals surface area (Å²) >= 11 is 3.39. The summed E-state index contributed by atoms with van der Waals surface area (Å²) in [5, 5.41) is 0. The molecule has 3 nitrogen and oxygen atoms in total. The van der Waals surface area contributed by atoms with E-state index >= 15 is 0 Å². The molecule has 0 bridgehead atoms. The van der Waals surface area contributed by atoms with Crippen molar-refractivity contribution in [1.82, 2.24) is 0 Å². The number of hydrogen-bond acceptors (Lipinski definition) is 3. The van der Waals surface area contributed by atoms with Crippen molar-refractivity contribution in [2.75, 3.05) is 0 Å². The molecule has 0 unspecified atom stereocenters. The summed E-state index contributed by atoms with van der Waals surface area (Å²) in [5.41, 5.74) is 1.40. The van der Waals surface area contributed by atoms with Crippen LogP contribution >= 0.6 is 15.9 Å². The first-order valence-electron chi connectivity index (χ1n) is 6.72. The Morgan fingerprint density at radius 2 is 2.05 bits per heavy atom. The van der Waals surface area contributed by atoms with E-state index in [1.165, 1.54) is 0 Å². The second kappa shape index (κ2) is 5.19. The molecule has 1 aliphatic rings. The van der Waals surface area contributed by atoms with E-state index in [0.29, 0.717) is 17.1 Å². The fraction of sp³-hybridized carbons (Fsp3) is 0.235. The van der Waals surface area contributed by atoms with Crippen LogP contribution in [0.3, 0.4) is 0 Å². The zero-order chi connectivity index (χ0) is 15.0. The predicted octanol–water partition coefficient (Wildman–Crippen LogP) is 4.77. The summed E-state index contributed by atoms with van der Waals surface area (Å²) in [5.74, 6) is 1.92. The number of benzene rings is 2. The fourth-order valence-electron chi connectivity index (χ4n) is 2.48. The topological polar surface area (TPSA) is 35.5 Å². The predicted molar refractivity (Wildman–Crippen MR) is 84.5 cm³/mol. The highest BCUT2D eigenvalue weighted by Crippen LogP contribution is 2.43. The zero-order valence-electron chi connectivity index (χ0n) is 11.9. The van der Waals surface area contributed by atoms with Crippen LogP contribution in [-0.2, 0) is 6.42 Å². The number of rotatable bonds is 3. The molecule has 0 fully saturated rings. The largest absolute Gasteiger partial charge is 0.483 e.